The number of hydrogen-bond donors (Lipinski definition) is 3. The number of thiol groups is 1. The van der Waals surface area contributed by atoms with Crippen LogP contribution in [0, 0.1) is 0 Å². The topological polar surface area (TPSA) is 67.4 Å². The zero-order chi connectivity index (χ0) is 14.4. The Morgan fingerprint density at radius 3 is 2.68 bits per heavy atom. The predicted molar refractivity (Wildman–Crippen MR) is 78.1 cm³/mol. The fourth-order valence-corrected chi connectivity index (χ4v) is 1.87. The lowest BCUT2D eigenvalue weighted by Crippen LogP contribution is -2.44. The lowest BCUT2D eigenvalue weighted by Gasteiger charge is -2.16. The number of hydrogen-bond acceptors (Lipinski definition) is 4. The van der Waals surface area contributed by atoms with Gasteiger partial charge < -0.3 is 15.4 Å². The molecule has 0 aliphatic heterocycles. The van der Waals surface area contributed by atoms with Crippen LogP contribution in [0.25, 0.3) is 0 Å². The molecule has 0 spiro atoms. The Kier molecular flexibility index (Phi) is 5.98. The summed E-state index contributed by atoms with van der Waals surface area (Å²) in [5, 5.41) is 5.62. The van der Waals surface area contributed by atoms with Crippen molar-refractivity contribution in [3.8, 4) is 5.75 Å². The molecule has 2 amide bonds. The number of carbonyl (C=O) groups is 2. The fourth-order valence-electron chi connectivity index (χ4n) is 1.44. The van der Waals surface area contributed by atoms with E-state index in [1.165, 1.54) is 14.0 Å². The SMILES string of the molecule is COc1ccc(Cl)cc1NC(=O)C(CS)NC(C)=O. The van der Waals surface area contributed by atoms with Gasteiger partial charge in [-0.05, 0) is 18.2 Å². The fraction of sp³-hybridized carbons (Fsp3) is 0.333. The molecule has 104 valence electrons. The molecule has 0 aromatic heterocycles. The summed E-state index contributed by atoms with van der Waals surface area (Å²) in [6.45, 7) is 1.34. The van der Waals surface area contributed by atoms with Crippen molar-refractivity contribution < 1.29 is 14.3 Å². The van der Waals surface area contributed by atoms with Gasteiger partial charge in [-0.3, -0.25) is 9.59 Å². The number of methoxy groups -OCH3 is 1. The van der Waals surface area contributed by atoms with Crippen molar-refractivity contribution in [1.82, 2.24) is 5.32 Å². The summed E-state index contributed by atoms with van der Waals surface area (Å²) < 4.78 is 5.12. The third kappa shape index (κ3) is 4.65. The van der Waals surface area contributed by atoms with Gasteiger partial charge in [-0.1, -0.05) is 11.6 Å². The van der Waals surface area contributed by atoms with Crippen LogP contribution in [0.4, 0.5) is 5.69 Å². The predicted octanol–water partition coefficient (Wildman–Crippen LogP) is 1.72. The molecular weight excluding hydrogens is 288 g/mol. The first-order valence-electron chi connectivity index (χ1n) is 5.50. The average molecular weight is 303 g/mol. The molecule has 0 saturated carbocycles. The number of ether oxygens (including phenoxy) is 1. The van der Waals surface area contributed by atoms with Gasteiger partial charge in [0, 0.05) is 17.7 Å². The molecule has 0 fully saturated rings. The zero-order valence-electron chi connectivity index (χ0n) is 10.6. The number of nitrogens with one attached hydrogen (secondary N) is 2. The molecule has 1 rings (SSSR count). The molecule has 2 N–H and O–H groups in total. The Bertz CT molecular complexity index is 482. The molecule has 19 heavy (non-hydrogen) atoms. The summed E-state index contributed by atoms with van der Waals surface area (Å²) in [6.07, 6.45) is 0. The minimum absolute atomic E-state index is 0.189. The second-order valence-electron chi connectivity index (χ2n) is 3.77. The molecule has 0 radical (unpaired) electrons. The van der Waals surface area contributed by atoms with Crippen molar-refractivity contribution in [1.29, 1.82) is 0 Å². The van der Waals surface area contributed by atoms with Gasteiger partial charge in [-0.2, -0.15) is 12.6 Å². The van der Waals surface area contributed by atoms with Crippen LogP contribution in [-0.2, 0) is 9.59 Å². The molecule has 1 aromatic rings. The monoisotopic (exact) mass is 302 g/mol. The molecule has 5 nitrogen and oxygen atoms in total. The van der Waals surface area contributed by atoms with Crippen LogP contribution in [0.15, 0.2) is 18.2 Å². The van der Waals surface area contributed by atoms with Crippen LogP contribution < -0.4 is 15.4 Å². The van der Waals surface area contributed by atoms with Gasteiger partial charge >= 0.3 is 0 Å². The minimum Gasteiger partial charge on any atom is -0.495 e. The van der Waals surface area contributed by atoms with Crippen LogP contribution in [0.3, 0.4) is 0 Å². The highest BCUT2D eigenvalue weighted by molar-refractivity contribution is 7.80. The molecule has 0 aliphatic rings. The van der Waals surface area contributed by atoms with Crippen LogP contribution >= 0.6 is 24.2 Å². The van der Waals surface area contributed by atoms with Crippen molar-refractivity contribution in [2.24, 2.45) is 0 Å². The van der Waals surface area contributed by atoms with Crippen LogP contribution in [-0.4, -0.2) is 30.7 Å². The largest absolute Gasteiger partial charge is 0.495 e. The van der Waals surface area contributed by atoms with Crippen molar-refractivity contribution >= 4 is 41.7 Å². The van der Waals surface area contributed by atoms with Crippen LogP contribution in [0.2, 0.25) is 5.02 Å². The molecule has 1 unspecified atom stereocenters. The zero-order valence-corrected chi connectivity index (χ0v) is 12.2. The van der Waals surface area contributed by atoms with Gasteiger partial charge in [0.1, 0.15) is 11.8 Å². The van der Waals surface area contributed by atoms with Gasteiger partial charge in [0.25, 0.3) is 0 Å². The number of amides is 2. The van der Waals surface area contributed by atoms with E-state index < -0.39 is 6.04 Å². The van der Waals surface area contributed by atoms with E-state index in [-0.39, 0.29) is 17.6 Å². The Hall–Kier alpha value is -1.40. The lowest BCUT2D eigenvalue weighted by molar-refractivity contribution is -0.124. The Balaban J connectivity index is 2.85. The van der Waals surface area contributed by atoms with E-state index in [0.717, 1.165) is 0 Å². The van der Waals surface area contributed by atoms with Gasteiger partial charge in [-0.25, -0.2) is 0 Å². The Morgan fingerprint density at radius 1 is 1.47 bits per heavy atom. The van der Waals surface area contributed by atoms with Crippen molar-refractivity contribution in [2.75, 3.05) is 18.2 Å². The van der Waals surface area contributed by atoms with Gasteiger partial charge in [-0.15, -0.1) is 0 Å². The summed E-state index contributed by atoms with van der Waals surface area (Å²) in [5.41, 5.74) is 0.442. The quantitative estimate of drug-likeness (QED) is 0.726. The van der Waals surface area contributed by atoms with Crippen LogP contribution in [0.5, 0.6) is 5.75 Å². The highest BCUT2D eigenvalue weighted by Crippen LogP contribution is 2.27. The van der Waals surface area contributed by atoms with E-state index >= 15 is 0 Å². The minimum atomic E-state index is -0.718. The van der Waals surface area contributed by atoms with Gasteiger partial charge in [0.2, 0.25) is 11.8 Å². The number of benzene rings is 1. The van der Waals surface area contributed by atoms with E-state index in [2.05, 4.69) is 23.3 Å². The first-order valence-corrected chi connectivity index (χ1v) is 6.51. The third-order valence-corrected chi connectivity index (χ3v) is 2.90. The van der Waals surface area contributed by atoms with Gasteiger partial charge in [0.05, 0.1) is 12.8 Å². The summed E-state index contributed by atoms with van der Waals surface area (Å²) in [4.78, 5) is 23.0. The van der Waals surface area contributed by atoms with E-state index in [1.807, 2.05) is 0 Å². The molecular formula is C12H15ClN2O3S. The second kappa shape index (κ2) is 7.25. The van der Waals surface area contributed by atoms with E-state index in [0.29, 0.717) is 16.5 Å². The van der Waals surface area contributed by atoms with E-state index in [4.69, 9.17) is 16.3 Å². The highest BCUT2D eigenvalue weighted by atomic mass is 35.5. The maximum Gasteiger partial charge on any atom is 0.247 e. The molecule has 0 aliphatic carbocycles. The smallest absolute Gasteiger partial charge is 0.247 e. The molecule has 1 aromatic carbocycles. The molecule has 0 saturated heterocycles. The molecule has 0 bridgehead atoms. The number of carbonyl (C=O) groups excluding carboxylic acids is 2. The first-order chi connectivity index (χ1) is 8.97. The standard InChI is InChI=1S/C12H15ClN2O3S/c1-7(16)14-10(6-19)12(17)15-9-5-8(13)3-4-11(9)18-2/h3-5,10,19H,6H2,1-2H3,(H,14,16)(H,15,17). The molecule has 1 atom stereocenters. The molecule has 0 heterocycles. The summed E-state index contributed by atoms with van der Waals surface area (Å²) in [7, 11) is 1.49. The number of halogens is 1. The highest BCUT2D eigenvalue weighted by Gasteiger charge is 2.19. The third-order valence-electron chi connectivity index (χ3n) is 2.30. The van der Waals surface area contributed by atoms with Crippen molar-refractivity contribution in [2.45, 2.75) is 13.0 Å². The number of rotatable bonds is 5. The summed E-state index contributed by atoms with van der Waals surface area (Å²) >= 11 is 9.90. The number of anilines is 1. The Labute approximate surface area is 122 Å². The summed E-state index contributed by atoms with van der Waals surface area (Å²) in [6, 6.07) is 4.15. The maximum absolute atomic E-state index is 12.0. The maximum atomic E-state index is 12.0. The van der Waals surface area contributed by atoms with Crippen molar-refractivity contribution in [3.05, 3.63) is 23.2 Å². The van der Waals surface area contributed by atoms with Gasteiger partial charge in [0.15, 0.2) is 0 Å². The summed E-state index contributed by atoms with van der Waals surface area (Å²) in [5.74, 6) is -0.00889. The normalized spacial score (nSPS) is 11.6. The van der Waals surface area contributed by atoms with E-state index in [9.17, 15) is 9.59 Å². The Morgan fingerprint density at radius 2 is 2.16 bits per heavy atom. The lowest BCUT2D eigenvalue weighted by atomic mass is 10.2. The molecule has 7 heteroatoms. The second-order valence-corrected chi connectivity index (χ2v) is 4.57. The average Bonchev–Trinajstić information content (AvgIpc) is 2.35. The van der Waals surface area contributed by atoms with E-state index in [1.54, 1.807) is 18.2 Å². The van der Waals surface area contributed by atoms with Crippen LogP contribution in [0.1, 0.15) is 6.92 Å². The van der Waals surface area contributed by atoms with Crippen molar-refractivity contribution in [3.63, 3.8) is 0 Å². The first kappa shape index (κ1) is 15.7.